The fourth-order valence-corrected chi connectivity index (χ4v) is 4.66. The fraction of sp³-hybridized carbons (Fsp3) is 0.409. The van der Waals surface area contributed by atoms with E-state index < -0.39 is 11.9 Å². The highest BCUT2D eigenvalue weighted by atomic mass is 19.4. The minimum atomic E-state index is -4.56. The van der Waals surface area contributed by atoms with E-state index in [0.717, 1.165) is 32.0 Å². The Balaban J connectivity index is 1.33. The monoisotopic (exact) mass is 429 g/mol. The van der Waals surface area contributed by atoms with Gasteiger partial charge in [0.25, 0.3) is 5.91 Å². The maximum atomic E-state index is 13.0. The average Bonchev–Trinajstić information content (AvgIpc) is 3.18. The van der Waals surface area contributed by atoms with E-state index >= 15 is 0 Å². The number of piperidine rings is 1. The number of likely N-dealkylation sites (tertiary alicyclic amines) is 1. The molecule has 5 rings (SSSR count). The van der Waals surface area contributed by atoms with Gasteiger partial charge in [0.1, 0.15) is 5.69 Å². The van der Waals surface area contributed by atoms with E-state index in [1.165, 1.54) is 28.6 Å². The molecule has 1 amide bonds. The van der Waals surface area contributed by atoms with Crippen LogP contribution in [0.25, 0.3) is 5.65 Å². The Hall–Kier alpha value is -2.94. The number of aromatic nitrogens is 3. The molecule has 1 fully saturated rings. The van der Waals surface area contributed by atoms with Crippen LogP contribution in [0.1, 0.15) is 45.8 Å². The van der Waals surface area contributed by atoms with Crippen molar-refractivity contribution in [2.75, 3.05) is 13.1 Å². The molecule has 0 aliphatic carbocycles. The molecule has 31 heavy (non-hydrogen) atoms. The Labute approximate surface area is 177 Å². The SMILES string of the molecule is Cc1nc(C(F)(F)F)cn2cc(C(=O)N3CCC4(CC3)Cc3ccccc3CN4)nc12. The minimum Gasteiger partial charge on any atom is -0.337 e. The first-order chi connectivity index (χ1) is 14.7. The number of benzene rings is 1. The Bertz CT molecular complexity index is 1160. The maximum absolute atomic E-state index is 13.0. The van der Waals surface area contributed by atoms with Crippen molar-refractivity contribution in [1.29, 1.82) is 0 Å². The number of fused-ring (bicyclic) bond motifs is 2. The van der Waals surface area contributed by atoms with Crippen LogP contribution in [0.15, 0.2) is 36.7 Å². The zero-order valence-corrected chi connectivity index (χ0v) is 17.0. The van der Waals surface area contributed by atoms with Crippen molar-refractivity contribution >= 4 is 11.6 Å². The molecule has 1 N–H and O–H groups in total. The van der Waals surface area contributed by atoms with Gasteiger partial charge in [-0.3, -0.25) is 4.79 Å². The van der Waals surface area contributed by atoms with Crippen LogP contribution in [0, 0.1) is 6.92 Å². The number of hydrogen-bond acceptors (Lipinski definition) is 4. The van der Waals surface area contributed by atoms with E-state index in [1.54, 1.807) is 4.90 Å². The number of nitrogens with zero attached hydrogens (tertiary/aromatic N) is 4. The van der Waals surface area contributed by atoms with Gasteiger partial charge in [0.15, 0.2) is 11.3 Å². The first-order valence-electron chi connectivity index (χ1n) is 10.3. The maximum Gasteiger partial charge on any atom is 0.434 e. The Kier molecular flexibility index (Phi) is 4.55. The summed E-state index contributed by atoms with van der Waals surface area (Å²) in [5.74, 6) is -0.261. The van der Waals surface area contributed by atoms with E-state index in [2.05, 4.69) is 33.5 Å². The zero-order chi connectivity index (χ0) is 21.8. The van der Waals surface area contributed by atoms with Crippen LogP contribution in [0.2, 0.25) is 0 Å². The van der Waals surface area contributed by atoms with Gasteiger partial charge in [-0.15, -0.1) is 0 Å². The molecule has 3 aromatic rings. The second-order valence-corrected chi connectivity index (χ2v) is 8.44. The normalized spacial score (nSPS) is 18.4. The van der Waals surface area contributed by atoms with Gasteiger partial charge >= 0.3 is 6.18 Å². The lowest BCUT2D eigenvalue weighted by molar-refractivity contribution is -0.141. The molecule has 0 atom stereocenters. The first kappa shape index (κ1) is 20.0. The summed E-state index contributed by atoms with van der Waals surface area (Å²) in [7, 11) is 0. The summed E-state index contributed by atoms with van der Waals surface area (Å²) in [6, 6.07) is 8.40. The van der Waals surface area contributed by atoms with Crippen LogP contribution < -0.4 is 5.32 Å². The molecule has 0 unspecified atom stereocenters. The van der Waals surface area contributed by atoms with Gasteiger partial charge in [-0.25, -0.2) is 9.97 Å². The quantitative estimate of drug-likeness (QED) is 0.644. The van der Waals surface area contributed by atoms with Crippen LogP contribution in [-0.4, -0.2) is 43.8 Å². The summed E-state index contributed by atoms with van der Waals surface area (Å²) in [5.41, 5.74) is 2.18. The van der Waals surface area contributed by atoms with Crippen molar-refractivity contribution in [2.24, 2.45) is 0 Å². The molecule has 0 radical (unpaired) electrons. The number of alkyl halides is 3. The molecule has 162 valence electrons. The van der Waals surface area contributed by atoms with Gasteiger partial charge in [0, 0.05) is 37.6 Å². The molecule has 1 spiro atoms. The summed E-state index contributed by atoms with van der Waals surface area (Å²) in [4.78, 5) is 22.6. The molecule has 9 heteroatoms. The molecule has 2 aromatic heterocycles. The number of aryl methyl sites for hydroxylation is 1. The topological polar surface area (TPSA) is 62.5 Å². The Morgan fingerprint density at radius 1 is 1.10 bits per heavy atom. The van der Waals surface area contributed by atoms with E-state index in [-0.39, 0.29) is 28.5 Å². The summed E-state index contributed by atoms with van der Waals surface area (Å²) >= 11 is 0. The van der Waals surface area contributed by atoms with E-state index in [0.29, 0.717) is 13.1 Å². The average molecular weight is 429 g/mol. The third kappa shape index (κ3) is 3.56. The number of imidazole rings is 1. The number of amides is 1. The van der Waals surface area contributed by atoms with Crippen LogP contribution in [0.5, 0.6) is 0 Å². The van der Waals surface area contributed by atoms with Gasteiger partial charge in [0.2, 0.25) is 0 Å². The van der Waals surface area contributed by atoms with Crippen molar-refractivity contribution in [3.05, 3.63) is 64.9 Å². The minimum absolute atomic E-state index is 0.0217. The molecule has 1 aromatic carbocycles. The standard InChI is InChI=1S/C22H22F3N5O/c1-14-19-28-17(12-30(19)13-18(27-14)22(23,24)25)20(31)29-8-6-21(7-9-29)10-15-4-2-3-5-16(15)11-26-21/h2-5,12-13,26H,6-11H2,1H3. The van der Waals surface area contributed by atoms with Crippen molar-refractivity contribution in [3.8, 4) is 0 Å². The van der Waals surface area contributed by atoms with E-state index in [4.69, 9.17) is 0 Å². The summed E-state index contributed by atoms with van der Waals surface area (Å²) < 4.78 is 40.4. The number of hydrogen-bond donors (Lipinski definition) is 1. The van der Waals surface area contributed by atoms with E-state index in [9.17, 15) is 18.0 Å². The van der Waals surface area contributed by atoms with Crippen molar-refractivity contribution < 1.29 is 18.0 Å². The lowest BCUT2D eigenvalue weighted by atomic mass is 9.78. The molecular formula is C22H22F3N5O. The number of carbonyl (C=O) groups is 1. The van der Waals surface area contributed by atoms with Crippen LogP contribution in [-0.2, 0) is 19.1 Å². The van der Waals surface area contributed by atoms with Gasteiger partial charge < -0.3 is 14.6 Å². The molecule has 0 saturated carbocycles. The third-order valence-electron chi connectivity index (χ3n) is 6.42. The fourth-order valence-electron chi connectivity index (χ4n) is 4.66. The number of halogens is 3. The van der Waals surface area contributed by atoms with Gasteiger partial charge in [-0.2, -0.15) is 13.2 Å². The second kappa shape index (κ2) is 7.05. The highest BCUT2D eigenvalue weighted by molar-refractivity contribution is 5.93. The van der Waals surface area contributed by atoms with Crippen molar-refractivity contribution in [3.63, 3.8) is 0 Å². The predicted molar refractivity (Wildman–Crippen MR) is 108 cm³/mol. The largest absolute Gasteiger partial charge is 0.434 e. The van der Waals surface area contributed by atoms with Crippen LogP contribution in [0.4, 0.5) is 13.2 Å². The number of nitrogens with one attached hydrogen (secondary N) is 1. The molecule has 4 heterocycles. The third-order valence-corrected chi connectivity index (χ3v) is 6.42. The summed E-state index contributed by atoms with van der Waals surface area (Å²) in [6.45, 7) is 3.44. The van der Waals surface area contributed by atoms with Crippen LogP contribution >= 0.6 is 0 Å². The summed E-state index contributed by atoms with van der Waals surface area (Å²) in [5, 5.41) is 3.67. The van der Waals surface area contributed by atoms with Gasteiger partial charge in [-0.1, -0.05) is 24.3 Å². The molecule has 2 aliphatic heterocycles. The van der Waals surface area contributed by atoms with Crippen molar-refractivity contribution in [2.45, 2.75) is 44.4 Å². The number of carbonyl (C=O) groups excluding carboxylic acids is 1. The summed E-state index contributed by atoms with van der Waals surface area (Å²) in [6.07, 6.45) is 0.255. The van der Waals surface area contributed by atoms with Gasteiger partial charge in [-0.05, 0) is 37.3 Å². The van der Waals surface area contributed by atoms with E-state index in [1.807, 2.05) is 6.07 Å². The Morgan fingerprint density at radius 2 is 1.81 bits per heavy atom. The first-order valence-corrected chi connectivity index (χ1v) is 10.3. The van der Waals surface area contributed by atoms with Crippen LogP contribution in [0.3, 0.4) is 0 Å². The molecular weight excluding hydrogens is 407 g/mol. The smallest absolute Gasteiger partial charge is 0.337 e. The second-order valence-electron chi connectivity index (χ2n) is 8.44. The highest BCUT2D eigenvalue weighted by Crippen LogP contribution is 2.32. The predicted octanol–water partition coefficient (Wildman–Crippen LogP) is 3.38. The van der Waals surface area contributed by atoms with Gasteiger partial charge in [0.05, 0.1) is 5.69 Å². The lowest BCUT2D eigenvalue weighted by Crippen LogP contribution is -2.57. The Morgan fingerprint density at radius 3 is 2.52 bits per heavy atom. The highest BCUT2D eigenvalue weighted by Gasteiger charge is 2.39. The molecule has 6 nitrogen and oxygen atoms in total. The molecule has 1 saturated heterocycles. The molecule has 2 aliphatic rings. The lowest BCUT2D eigenvalue weighted by Gasteiger charge is -2.45. The van der Waals surface area contributed by atoms with Crippen molar-refractivity contribution in [1.82, 2.24) is 24.6 Å². The number of rotatable bonds is 1. The zero-order valence-electron chi connectivity index (χ0n) is 17.0. The molecule has 0 bridgehead atoms.